The highest BCUT2D eigenvalue weighted by Crippen LogP contribution is 2.27. The molecule has 13 heteroatoms. The zero-order chi connectivity index (χ0) is 27.9. The molecule has 4 aromatic rings. The van der Waals surface area contributed by atoms with Gasteiger partial charge in [0.25, 0.3) is 11.1 Å². The van der Waals surface area contributed by atoms with Crippen LogP contribution in [0.1, 0.15) is 25.0 Å². The van der Waals surface area contributed by atoms with Gasteiger partial charge in [0.2, 0.25) is 10.0 Å². The number of benzene rings is 2. The zero-order valence-corrected chi connectivity index (χ0v) is 23.9. The maximum Gasteiger partial charge on any atom is 0.333 e. The van der Waals surface area contributed by atoms with E-state index < -0.39 is 32.6 Å². The molecule has 0 aliphatic rings. The lowest BCUT2D eigenvalue weighted by molar-refractivity contribution is 0.569. The number of rotatable bonds is 7. The predicted octanol–water partition coefficient (Wildman–Crippen LogP) is 3.00. The van der Waals surface area contributed by atoms with Crippen LogP contribution in [0.5, 0.6) is 0 Å². The number of H-pyrrole nitrogens is 1. The molecule has 0 fully saturated rings. The molecule has 0 saturated heterocycles. The normalized spacial score (nSPS) is 11.9. The molecule has 10 nitrogen and oxygen atoms in total. The zero-order valence-electron chi connectivity index (χ0n) is 20.9. The summed E-state index contributed by atoms with van der Waals surface area (Å²) in [6.45, 7) is 4.89. The summed E-state index contributed by atoms with van der Waals surface area (Å²) in [6.07, 6.45) is 0. The van der Waals surface area contributed by atoms with Crippen LogP contribution in [0.3, 0.4) is 0 Å². The number of aromatic nitrogens is 3. The smallest absolute Gasteiger partial charge is 0.333 e. The van der Waals surface area contributed by atoms with Gasteiger partial charge in [0, 0.05) is 22.2 Å². The van der Waals surface area contributed by atoms with Crippen molar-refractivity contribution in [1.29, 1.82) is 0 Å². The van der Waals surface area contributed by atoms with Gasteiger partial charge >= 0.3 is 5.69 Å². The van der Waals surface area contributed by atoms with E-state index in [0.717, 1.165) is 4.57 Å². The Morgan fingerprint density at radius 1 is 1.11 bits per heavy atom. The molecule has 38 heavy (non-hydrogen) atoms. The van der Waals surface area contributed by atoms with Crippen LogP contribution in [0.25, 0.3) is 16.6 Å². The quantitative estimate of drug-likeness (QED) is 0.263. The molecule has 0 aliphatic carbocycles. The molecule has 0 amide bonds. The van der Waals surface area contributed by atoms with E-state index in [-0.39, 0.29) is 45.5 Å². The fourth-order valence-electron chi connectivity index (χ4n) is 4.25. The second kappa shape index (κ2) is 10.5. The molecule has 2 aromatic carbocycles. The van der Waals surface area contributed by atoms with Crippen molar-refractivity contribution in [2.24, 2.45) is 7.05 Å². The van der Waals surface area contributed by atoms with Gasteiger partial charge in [0.05, 0.1) is 22.6 Å². The Labute approximate surface area is 230 Å². The molecule has 0 unspecified atom stereocenters. The van der Waals surface area contributed by atoms with Gasteiger partial charge < -0.3 is 5.32 Å². The first kappa shape index (κ1) is 27.7. The van der Waals surface area contributed by atoms with Crippen LogP contribution in [0.15, 0.2) is 56.8 Å². The molecule has 2 heterocycles. The molecule has 4 rings (SSSR count). The molecular weight excluding hydrogens is 628 g/mol. The summed E-state index contributed by atoms with van der Waals surface area (Å²) < 4.78 is 45.1. The maximum absolute atomic E-state index is 14.7. The lowest BCUT2D eigenvalue weighted by Gasteiger charge is -2.19. The number of aryl methyl sites for hydroxylation is 1. The first-order chi connectivity index (χ1) is 17.8. The van der Waals surface area contributed by atoms with Crippen LogP contribution in [-0.2, 0) is 22.8 Å². The Bertz CT molecular complexity index is 1860. The molecule has 0 saturated carbocycles. The predicted molar refractivity (Wildman–Crippen MR) is 153 cm³/mol. The van der Waals surface area contributed by atoms with Gasteiger partial charge in [-0.3, -0.25) is 23.7 Å². The summed E-state index contributed by atoms with van der Waals surface area (Å²) in [5.41, 5.74) is -1.29. The number of anilines is 2. The number of hydrogen-bond donors (Lipinski definition) is 3. The number of nitrogens with one attached hydrogen (secondary N) is 3. The van der Waals surface area contributed by atoms with Gasteiger partial charge in [-0.25, -0.2) is 22.3 Å². The number of fused-ring (bicyclic) bond motifs is 1. The van der Waals surface area contributed by atoms with Gasteiger partial charge in [0.15, 0.2) is 0 Å². The van der Waals surface area contributed by atoms with Crippen molar-refractivity contribution in [3.8, 4) is 5.69 Å². The Morgan fingerprint density at radius 3 is 2.47 bits per heavy atom. The third kappa shape index (κ3) is 5.44. The average molecular weight is 653 g/mol. The third-order valence-corrected chi connectivity index (χ3v) is 8.00. The first-order valence-electron chi connectivity index (χ1n) is 11.5. The summed E-state index contributed by atoms with van der Waals surface area (Å²) in [4.78, 5) is 41.7. The number of pyridine rings is 1. The van der Waals surface area contributed by atoms with Crippen molar-refractivity contribution < 1.29 is 12.8 Å². The Morgan fingerprint density at radius 2 is 1.82 bits per heavy atom. The highest BCUT2D eigenvalue weighted by Gasteiger charge is 2.22. The third-order valence-electron chi connectivity index (χ3n) is 5.79. The molecular formula is C25H25FIN5O5S. The van der Waals surface area contributed by atoms with Gasteiger partial charge in [0.1, 0.15) is 17.0 Å². The highest BCUT2D eigenvalue weighted by molar-refractivity contribution is 14.1. The van der Waals surface area contributed by atoms with Crippen molar-refractivity contribution in [2.75, 3.05) is 5.32 Å². The highest BCUT2D eigenvalue weighted by atomic mass is 127. The van der Waals surface area contributed by atoms with E-state index in [1.54, 1.807) is 38.1 Å². The SMILES string of the molecule is Cc1c(=O)n(C)c(Nc2ccc(I)cc2F)c2c(=O)[nH]c(=O)n(-c3cccc(CS(=O)(=O)NC(C)C)c3)c12. The largest absolute Gasteiger partial charge is 0.338 e. The first-order valence-corrected chi connectivity index (χ1v) is 14.2. The van der Waals surface area contributed by atoms with Gasteiger partial charge in [-0.15, -0.1) is 0 Å². The molecule has 0 aliphatic heterocycles. The van der Waals surface area contributed by atoms with Crippen molar-refractivity contribution in [1.82, 2.24) is 18.8 Å². The van der Waals surface area contributed by atoms with Crippen LogP contribution < -0.4 is 26.8 Å². The molecule has 0 bridgehead atoms. The molecule has 2 aromatic heterocycles. The second-order valence-corrected chi connectivity index (χ2v) is 12.1. The summed E-state index contributed by atoms with van der Waals surface area (Å²) in [7, 11) is -2.22. The maximum atomic E-state index is 14.7. The van der Waals surface area contributed by atoms with Crippen molar-refractivity contribution in [3.05, 3.63) is 94.2 Å². The lowest BCUT2D eigenvalue weighted by Crippen LogP contribution is -2.34. The van der Waals surface area contributed by atoms with Crippen molar-refractivity contribution in [2.45, 2.75) is 32.6 Å². The van der Waals surface area contributed by atoms with E-state index >= 15 is 0 Å². The molecule has 0 atom stereocenters. The summed E-state index contributed by atoms with van der Waals surface area (Å²) >= 11 is 1.96. The number of nitrogens with zero attached hydrogens (tertiary/aromatic N) is 2. The number of aromatic amines is 1. The molecule has 3 N–H and O–H groups in total. The second-order valence-electron chi connectivity index (χ2n) is 9.11. The Kier molecular flexibility index (Phi) is 7.63. The van der Waals surface area contributed by atoms with Crippen LogP contribution >= 0.6 is 22.6 Å². The van der Waals surface area contributed by atoms with Crippen LogP contribution in [0.2, 0.25) is 0 Å². The summed E-state index contributed by atoms with van der Waals surface area (Å²) in [5.74, 6) is -0.938. The number of sulfonamides is 1. The lowest BCUT2D eigenvalue weighted by atomic mass is 10.1. The molecule has 0 radical (unpaired) electrons. The van der Waals surface area contributed by atoms with Gasteiger partial charge in [-0.2, -0.15) is 0 Å². The fraction of sp³-hybridized carbons (Fsp3) is 0.240. The summed E-state index contributed by atoms with van der Waals surface area (Å²) in [5, 5.41) is 2.80. The number of hydrogen-bond acceptors (Lipinski definition) is 6. The average Bonchev–Trinajstić information content (AvgIpc) is 2.80. The Hall–Kier alpha value is -3.30. The number of halogens is 2. The minimum atomic E-state index is -3.66. The van der Waals surface area contributed by atoms with Crippen LogP contribution in [0.4, 0.5) is 15.9 Å². The van der Waals surface area contributed by atoms with Crippen LogP contribution in [-0.4, -0.2) is 28.6 Å². The molecule has 200 valence electrons. The standard InChI is InChI=1S/C25H25FIN5O5S/c1-13(2)30-38(36,37)12-15-6-5-7-17(10-15)32-21-14(3)24(34)31(4)22(20(21)23(33)29-25(32)35)28-19-9-8-16(27)11-18(19)26/h5-11,13,28,30H,12H2,1-4H3,(H,29,33,35). The fourth-order valence-corrected chi connectivity index (χ4v) is 6.12. The Balaban J connectivity index is 1.98. The summed E-state index contributed by atoms with van der Waals surface area (Å²) in [6, 6.07) is 10.4. The minimum Gasteiger partial charge on any atom is -0.338 e. The minimum absolute atomic E-state index is 0.00873. The monoisotopic (exact) mass is 653 g/mol. The van der Waals surface area contributed by atoms with Crippen LogP contribution in [0, 0.1) is 16.3 Å². The van der Waals surface area contributed by atoms with E-state index in [4.69, 9.17) is 0 Å². The molecule has 0 spiro atoms. The van der Waals surface area contributed by atoms with Crippen molar-refractivity contribution in [3.63, 3.8) is 0 Å². The topological polar surface area (TPSA) is 135 Å². The van der Waals surface area contributed by atoms with E-state index in [0.29, 0.717) is 9.13 Å². The van der Waals surface area contributed by atoms with E-state index in [1.807, 2.05) is 22.6 Å². The van der Waals surface area contributed by atoms with Gasteiger partial charge in [-0.05, 0) is 79.3 Å². The van der Waals surface area contributed by atoms with E-state index in [2.05, 4.69) is 15.0 Å². The van der Waals surface area contributed by atoms with Crippen molar-refractivity contribution >= 4 is 55.0 Å². The van der Waals surface area contributed by atoms with E-state index in [1.165, 1.54) is 36.7 Å². The van der Waals surface area contributed by atoms with E-state index in [9.17, 15) is 27.2 Å². The van der Waals surface area contributed by atoms with Gasteiger partial charge in [-0.1, -0.05) is 12.1 Å².